The maximum absolute atomic E-state index is 12.6. The molecule has 0 aliphatic carbocycles. The van der Waals surface area contributed by atoms with Crippen molar-refractivity contribution < 1.29 is 19.4 Å². The molecule has 0 radical (unpaired) electrons. The SMILES string of the molecule is O=C1[C@@H]2[C@@H]3C=C[C@@](CO)(O3)[C@@H]2C(=O)N1Cc1ccccc1. The van der Waals surface area contributed by atoms with Crippen LogP contribution in [0.15, 0.2) is 42.5 Å². The summed E-state index contributed by atoms with van der Waals surface area (Å²) in [4.78, 5) is 26.5. The fourth-order valence-corrected chi connectivity index (χ4v) is 3.67. The molecule has 0 aromatic heterocycles. The van der Waals surface area contributed by atoms with Crippen LogP contribution in [0.25, 0.3) is 0 Å². The number of carbonyl (C=O) groups excluding carboxylic acids is 2. The van der Waals surface area contributed by atoms with Crippen molar-refractivity contribution in [2.45, 2.75) is 18.2 Å². The van der Waals surface area contributed by atoms with Crippen LogP contribution >= 0.6 is 0 Å². The van der Waals surface area contributed by atoms with Crippen molar-refractivity contribution in [3.8, 4) is 0 Å². The molecular weight excluding hydrogens is 270 g/mol. The summed E-state index contributed by atoms with van der Waals surface area (Å²) in [5, 5.41) is 9.61. The molecule has 1 aromatic carbocycles. The molecule has 108 valence electrons. The molecule has 0 spiro atoms. The van der Waals surface area contributed by atoms with E-state index >= 15 is 0 Å². The van der Waals surface area contributed by atoms with Crippen LogP contribution in [0.5, 0.6) is 0 Å². The Morgan fingerprint density at radius 3 is 2.67 bits per heavy atom. The van der Waals surface area contributed by atoms with Gasteiger partial charge < -0.3 is 9.84 Å². The molecule has 3 aliphatic heterocycles. The number of fused-ring (bicyclic) bond motifs is 5. The Bertz CT molecular complexity index is 641. The van der Waals surface area contributed by atoms with Crippen LogP contribution in [0.1, 0.15) is 5.56 Å². The van der Waals surface area contributed by atoms with E-state index in [4.69, 9.17) is 4.74 Å². The lowest BCUT2D eigenvalue weighted by Crippen LogP contribution is -2.43. The summed E-state index contributed by atoms with van der Waals surface area (Å²) in [7, 11) is 0. The number of hydrogen-bond donors (Lipinski definition) is 1. The third-order valence-electron chi connectivity index (χ3n) is 4.68. The van der Waals surface area contributed by atoms with Crippen molar-refractivity contribution in [2.24, 2.45) is 11.8 Å². The normalized spacial score (nSPS) is 36.6. The third kappa shape index (κ3) is 1.58. The lowest BCUT2D eigenvalue weighted by molar-refractivity contribution is -0.146. The minimum atomic E-state index is -1.01. The summed E-state index contributed by atoms with van der Waals surface area (Å²) in [6, 6.07) is 9.43. The summed E-state index contributed by atoms with van der Waals surface area (Å²) in [5.74, 6) is -1.51. The second kappa shape index (κ2) is 4.26. The van der Waals surface area contributed by atoms with E-state index < -0.39 is 17.4 Å². The van der Waals surface area contributed by atoms with Gasteiger partial charge in [0.15, 0.2) is 0 Å². The Morgan fingerprint density at radius 2 is 1.95 bits per heavy atom. The van der Waals surface area contributed by atoms with Crippen LogP contribution in [0, 0.1) is 11.8 Å². The minimum Gasteiger partial charge on any atom is -0.393 e. The topological polar surface area (TPSA) is 66.8 Å². The molecule has 1 N–H and O–H groups in total. The highest BCUT2D eigenvalue weighted by Crippen LogP contribution is 2.51. The molecule has 2 saturated heterocycles. The summed E-state index contributed by atoms with van der Waals surface area (Å²) in [6.07, 6.45) is 3.13. The number of benzene rings is 1. The van der Waals surface area contributed by atoms with Crippen molar-refractivity contribution in [3.63, 3.8) is 0 Å². The quantitative estimate of drug-likeness (QED) is 0.648. The molecule has 0 unspecified atom stereocenters. The Hall–Kier alpha value is -1.98. The fourth-order valence-electron chi connectivity index (χ4n) is 3.67. The van der Waals surface area contributed by atoms with Gasteiger partial charge in [0.1, 0.15) is 5.60 Å². The van der Waals surface area contributed by atoms with Crippen LogP contribution in [-0.4, -0.2) is 40.1 Å². The maximum atomic E-state index is 12.6. The Balaban J connectivity index is 1.66. The van der Waals surface area contributed by atoms with Crippen LogP contribution in [-0.2, 0) is 20.9 Å². The zero-order valence-electron chi connectivity index (χ0n) is 11.3. The Morgan fingerprint density at radius 1 is 1.19 bits per heavy atom. The molecule has 0 saturated carbocycles. The zero-order chi connectivity index (χ0) is 14.6. The van der Waals surface area contributed by atoms with Crippen LogP contribution in [0.4, 0.5) is 0 Å². The molecule has 2 fully saturated rings. The number of aliphatic hydroxyl groups excluding tert-OH is 1. The first-order valence-corrected chi connectivity index (χ1v) is 7.03. The molecule has 21 heavy (non-hydrogen) atoms. The van der Waals surface area contributed by atoms with E-state index in [1.165, 1.54) is 4.90 Å². The van der Waals surface area contributed by atoms with Gasteiger partial charge in [-0.1, -0.05) is 42.5 Å². The van der Waals surface area contributed by atoms with E-state index in [2.05, 4.69) is 0 Å². The van der Waals surface area contributed by atoms with Gasteiger partial charge in [-0.25, -0.2) is 0 Å². The number of amides is 2. The number of hydrogen-bond acceptors (Lipinski definition) is 4. The van der Waals surface area contributed by atoms with Gasteiger partial charge in [-0.05, 0) is 5.56 Å². The molecule has 3 heterocycles. The number of carbonyl (C=O) groups is 2. The Labute approximate surface area is 121 Å². The number of imide groups is 1. The predicted molar refractivity (Wildman–Crippen MR) is 72.8 cm³/mol. The number of rotatable bonds is 3. The molecule has 5 heteroatoms. The van der Waals surface area contributed by atoms with E-state index in [0.717, 1.165) is 5.56 Å². The second-order valence-corrected chi connectivity index (χ2v) is 5.81. The van der Waals surface area contributed by atoms with Gasteiger partial charge in [-0.15, -0.1) is 0 Å². The lowest BCUT2D eigenvalue weighted by Gasteiger charge is -2.26. The van der Waals surface area contributed by atoms with Crippen LogP contribution < -0.4 is 0 Å². The molecule has 3 aliphatic rings. The van der Waals surface area contributed by atoms with Crippen molar-refractivity contribution >= 4 is 11.8 Å². The van der Waals surface area contributed by atoms with E-state index in [1.54, 1.807) is 12.2 Å². The van der Waals surface area contributed by atoms with Gasteiger partial charge in [-0.2, -0.15) is 0 Å². The minimum absolute atomic E-state index is 0.196. The van der Waals surface area contributed by atoms with E-state index in [-0.39, 0.29) is 31.1 Å². The Kier molecular flexibility index (Phi) is 2.58. The molecule has 4 atom stereocenters. The third-order valence-corrected chi connectivity index (χ3v) is 4.68. The average Bonchev–Trinajstić information content (AvgIpc) is 3.15. The number of aliphatic hydroxyl groups is 1. The molecule has 2 amide bonds. The van der Waals surface area contributed by atoms with Gasteiger partial charge >= 0.3 is 0 Å². The summed E-state index contributed by atoms with van der Waals surface area (Å²) >= 11 is 0. The van der Waals surface area contributed by atoms with Crippen molar-refractivity contribution in [2.75, 3.05) is 6.61 Å². The molecule has 1 aromatic rings. The highest BCUT2D eigenvalue weighted by atomic mass is 16.5. The monoisotopic (exact) mass is 285 g/mol. The lowest BCUT2D eigenvalue weighted by atomic mass is 9.77. The van der Waals surface area contributed by atoms with Gasteiger partial charge in [0.05, 0.1) is 31.1 Å². The fraction of sp³-hybridized carbons (Fsp3) is 0.375. The standard InChI is InChI=1S/C16H15NO4/c18-9-16-7-6-11(21-16)12-13(16)15(20)17(14(12)19)8-10-4-2-1-3-5-10/h1-7,11-13,18H,8-9H2/t11-,12+,13-,16-/m0/s1. The summed E-state index contributed by atoms with van der Waals surface area (Å²) in [6.45, 7) is -0.000894. The predicted octanol–water partition coefficient (Wildman–Crippen LogP) is 0.487. The molecular formula is C16H15NO4. The molecule has 5 nitrogen and oxygen atoms in total. The average molecular weight is 285 g/mol. The second-order valence-electron chi connectivity index (χ2n) is 5.81. The summed E-state index contributed by atoms with van der Waals surface area (Å²) < 4.78 is 5.69. The van der Waals surface area contributed by atoms with Gasteiger partial charge in [0.2, 0.25) is 11.8 Å². The molecule has 2 bridgehead atoms. The zero-order valence-corrected chi connectivity index (χ0v) is 11.3. The first kappa shape index (κ1) is 12.7. The van der Waals surface area contributed by atoms with Gasteiger partial charge in [0, 0.05) is 0 Å². The smallest absolute Gasteiger partial charge is 0.236 e. The summed E-state index contributed by atoms with van der Waals surface area (Å²) in [5.41, 5.74) is -0.0912. The van der Waals surface area contributed by atoms with Gasteiger partial charge in [-0.3, -0.25) is 14.5 Å². The van der Waals surface area contributed by atoms with Crippen LogP contribution in [0.3, 0.4) is 0 Å². The first-order chi connectivity index (χ1) is 10.2. The van der Waals surface area contributed by atoms with Crippen molar-refractivity contribution in [1.29, 1.82) is 0 Å². The molecule has 4 rings (SSSR count). The first-order valence-electron chi connectivity index (χ1n) is 7.03. The number of likely N-dealkylation sites (tertiary alicyclic amines) is 1. The highest BCUT2D eigenvalue weighted by Gasteiger charge is 2.67. The van der Waals surface area contributed by atoms with Crippen molar-refractivity contribution in [1.82, 2.24) is 4.90 Å². The van der Waals surface area contributed by atoms with Gasteiger partial charge in [0.25, 0.3) is 0 Å². The van der Waals surface area contributed by atoms with Crippen molar-refractivity contribution in [3.05, 3.63) is 48.0 Å². The van der Waals surface area contributed by atoms with E-state index in [0.29, 0.717) is 0 Å². The highest BCUT2D eigenvalue weighted by molar-refractivity contribution is 6.07. The van der Waals surface area contributed by atoms with E-state index in [1.807, 2.05) is 30.3 Å². The largest absolute Gasteiger partial charge is 0.393 e. The van der Waals surface area contributed by atoms with Crippen LogP contribution in [0.2, 0.25) is 0 Å². The number of ether oxygens (including phenoxy) is 1. The maximum Gasteiger partial charge on any atom is 0.236 e. The van der Waals surface area contributed by atoms with E-state index in [9.17, 15) is 14.7 Å². The number of nitrogens with zero attached hydrogens (tertiary/aromatic N) is 1.